The van der Waals surface area contributed by atoms with Gasteiger partial charge in [-0.15, -0.1) is 0 Å². The highest BCUT2D eigenvalue weighted by Gasteiger charge is 1.99. The van der Waals surface area contributed by atoms with Gasteiger partial charge in [0.15, 0.2) is 0 Å². The summed E-state index contributed by atoms with van der Waals surface area (Å²) in [6.45, 7) is 2.52. The number of hydrogen-bond acceptors (Lipinski definition) is 2. The van der Waals surface area contributed by atoms with Crippen molar-refractivity contribution in [1.29, 1.82) is 0 Å². The Morgan fingerprint density at radius 1 is 1.55 bits per heavy atom. The largest absolute Gasteiger partial charge is 0.492 e. The number of halogens is 1. The molecule has 2 nitrogen and oxygen atoms in total. The third kappa shape index (κ3) is 2.02. The molecule has 0 aliphatic carbocycles. The minimum atomic E-state index is 0.562. The first-order valence-corrected chi connectivity index (χ1v) is 3.79. The number of benzene rings is 1. The van der Waals surface area contributed by atoms with Gasteiger partial charge in [-0.05, 0) is 25.1 Å². The van der Waals surface area contributed by atoms with Gasteiger partial charge in [-0.2, -0.15) is 0 Å². The molecule has 1 aromatic rings. The summed E-state index contributed by atoms with van der Waals surface area (Å²) in [5, 5.41) is 0.562. The highest BCUT2D eigenvalue weighted by atomic mass is 35.5. The lowest BCUT2D eigenvalue weighted by atomic mass is 10.3. The summed E-state index contributed by atoms with van der Waals surface area (Å²) in [5.41, 5.74) is 6.14. The summed E-state index contributed by atoms with van der Waals surface area (Å²) in [7, 11) is 0. The van der Waals surface area contributed by atoms with Gasteiger partial charge in [-0.1, -0.05) is 11.6 Å². The molecular weight excluding hydrogens is 162 g/mol. The summed E-state index contributed by atoms with van der Waals surface area (Å²) in [6.07, 6.45) is 0. The first-order valence-electron chi connectivity index (χ1n) is 3.42. The Labute approximate surface area is 70.9 Å². The number of rotatable bonds is 2. The molecule has 0 aromatic heterocycles. The van der Waals surface area contributed by atoms with E-state index in [1.54, 1.807) is 18.2 Å². The molecular formula is C8H10ClNO. The third-order valence-electron chi connectivity index (χ3n) is 1.26. The average molecular weight is 172 g/mol. The molecule has 0 heterocycles. The Morgan fingerprint density at radius 2 is 2.27 bits per heavy atom. The zero-order chi connectivity index (χ0) is 8.27. The Kier molecular flexibility index (Phi) is 2.60. The van der Waals surface area contributed by atoms with Crippen LogP contribution in [0.25, 0.3) is 0 Å². The number of hydrogen-bond donors (Lipinski definition) is 1. The smallest absolute Gasteiger partial charge is 0.138 e. The summed E-state index contributed by atoms with van der Waals surface area (Å²) >= 11 is 5.80. The molecule has 2 N–H and O–H groups in total. The molecule has 0 aliphatic rings. The van der Waals surface area contributed by atoms with Crippen molar-refractivity contribution in [2.75, 3.05) is 12.3 Å². The van der Waals surface area contributed by atoms with Crippen molar-refractivity contribution in [3.63, 3.8) is 0 Å². The third-order valence-corrected chi connectivity index (χ3v) is 1.55. The molecule has 0 bridgehead atoms. The van der Waals surface area contributed by atoms with E-state index in [4.69, 9.17) is 22.1 Å². The van der Waals surface area contributed by atoms with Crippen LogP contribution in [0.5, 0.6) is 5.75 Å². The van der Waals surface area contributed by atoms with Crippen molar-refractivity contribution >= 4 is 17.3 Å². The maximum atomic E-state index is 5.80. The van der Waals surface area contributed by atoms with Crippen LogP contribution in [0.15, 0.2) is 18.2 Å². The van der Waals surface area contributed by atoms with Crippen molar-refractivity contribution in [2.24, 2.45) is 0 Å². The summed E-state index contributed by atoms with van der Waals surface area (Å²) in [6, 6.07) is 5.20. The van der Waals surface area contributed by atoms with Crippen molar-refractivity contribution in [2.45, 2.75) is 6.92 Å². The van der Waals surface area contributed by atoms with Gasteiger partial charge in [0.1, 0.15) is 5.75 Å². The lowest BCUT2D eigenvalue weighted by molar-refractivity contribution is 0.340. The summed E-state index contributed by atoms with van der Waals surface area (Å²) < 4.78 is 5.20. The SMILES string of the molecule is CCOc1ccc(N)cc1Cl. The van der Waals surface area contributed by atoms with Gasteiger partial charge in [0.25, 0.3) is 0 Å². The van der Waals surface area contributed by atoms with E-state index in [0.717, 1.165) is 0 Å². The van der Waals surface area contributed by atoms with Crippen molar-refractivity contribution in [3.05, 3.63) is 23.2 Å². The van der Waals surface area contributed by atoms with Crippen LogP contribution < -0.4 is 10.5 Å². The first-order chi connectivity index (χ1) is 5.24. The second-order valence-corrected chi connectivity index (χ2v) is 2.53. The van der Waals surface area contributed by atoms with E-state index in [0.29, 0.717) is 23.1 Å². The Morgan fingerprint density at radius 3 is 2.82 bits per heavy atom. The van der Waals surface area contributed by atoms with Crippen LogP contribution in [0.2, 0.25) is 5.02 Å². The molecule has 3 heteroatoms. The highest BCUT2D eigenvalue weighted by molar-refractivity contribution is 6.32. The maximum Gasteiger partial charge on any atom is 0.138 e. The number of nitrogen functional groups attached to an aromatic ring is 1. The van der Waals surface area contributed by atoms with Crippen LogP contribution in [-0.2, 0) is 0 Å². The van der Waals surface area contributed by atoms with Gasteiger partial charge in [0.2, 0.25) is 0 Å². The number of nitrogens with two attached hydrogens (primary N) is 1. The highest BCUT2D eigenvalue weighted by Crippen LogP contribution is 2.25. The molecule has 0 radical (unpaired) electrons. The molecule has 0 atom stereocenters. The number of ether oxygens (including phenoxy) is 1. The predicted molar refractivity (Wildman–Crippen MR) is 47.0 cm³/mol. The molecule has 1 aromatic carbocycles. The van der Waals surface area contributed by atoms with Crippen molar-refractivity contribution in [1.82, 2.24) is 0 Å². The molecule has 0 fully saturated rings. The molecule has 0 saturated heterocycles. The minimum Gasteiger partial charge on any atom is -0.492 e. The molecule has 0 spiro atoms. The van der Waals surface area contributed by atoms with Gasteiger partial charge in [0, 0.05) is 5.69 Å². The maximum absolute atomic E-state index is 5.80. The quantitative estimate of drug-likeness (QED) is 0.694. The molecule has 0 unspecified atom stereocenters. The molecule has 1 rings (SSSR count). The van der Waals surface area contributed by atoms with E-state index in [1.165, 1.54) is 0 Å². The van der Waals surface area contributed by atoms with E-state index in [-0.39, 0.29) is 0 Å². The predicted octanol–water partition coefficient (Wildman–Crippen LogP) is 2.32. The van der Waals surface area contributed by atoms with Crippen LogP contribution in [-0.4, -0.2) is 6.61 Å². The van der Waals surface area contributed by atoms with E-state index < -0.39 is 0 Å². The Hall–Kier alpha value is -0.890. The molecule has 0 saturated carbocycles. The fourth-order valence-corrected chi connectivity index (χ4v) is 1.03. The van der Waals surface area contributed by atoms with Crippen LogP contribution in [0.4, 0.5) is 5.69 Å². The molecule has 11 heavy (non-hydrogen) atoms. The summed E-state index contributed by atoms with van der Waals surface area (Å²) in [4.78, 5) is 0. The van der Waals surface area contributed by atoms with Crippen LogP contribution in [0.1, 0.15) is 6.92 Å². The summed E-state index contributed by atoms with van der Waals surface area (Å²) in [5.74, 6) is 0.684. The van der Waals surface area contributed by atoms with Crippen LogP contribution in [0, 0.1) is 0 Å². The normalized spacial score (nSPS) is 9.64. The van der Waals surface area contributed by atoms with Gasteiger partial charge < -0.3 is 10.5 Å². The topological polar surface area (TPSA) is 35.2 Å². The first kappa shape index (κ1) is 8.21. The fraction of sp³-hybridized carbons (Fsp3) is 0.250. The lowest BCUT2D eigenvalue weighted by Crippen LogP contribution is -1.93. The van der Waals surface area contributed by atoms with E-state index in [1.807, 2.05) is 6.92 Å². The van der Waals surface area contributed by atoms with E-state index >= 15 is 0 Å². The standard InChI is InChI=1S/C8H10ClNO/c1-2-11-8-4-3-6(10)5-7(8)9/h3-5H,2,10H2,1H3. The van der Waals surface area contributed by atoms with E-state index in [9.17, 15) is 0 Å². The van der Waals surface area contributed by atoms with Gasteiger partial charge in [0.05, 0.1) is 11.6 Å². The van der Waals surface area contributed by atoms with Crippen LogP contribution >= 0.6 is 11.6 Å². The molecule has 0 aliphatic heterocycles. The number of anilines is 1. The van der Waals surface area contributed by atoms with E-state index in [2.05, 4.69) is 0 Å². The van der Waals surface area contributed by atoms with Gasteiger partial charge >= 0.3 is 0 Å². The average Bonchev–Trinajstić information content (AvgIpc) is 1.95. The van der Waals surface area contributed by atoms with Crippen LogP contribution in [0.3, 0.4) is 0 Å². The zero-order valence-corrected chi connectivity index (χ0v) is 7.06. The zero-order valence-electron chi connectivity index (χ0n) is 6.30. The molecule has 0 amide bonds. The van der Waals surface area contributed by atoms with Crippen molar-refractivity contribution < 1.29 is 4.74 Å². The second kappa shape index (κ2) is 3.49. The second-order valence-electron chi connectivity index (χ2n) is 2.12. The fourth-order valence-electron chi connectivity index (χ4n) is 0.790. The Balaban J connectivity index is 2.90. The Bertz CT molecular complexity index is 250. The minimum absolute atomic E-state index is 0.562. The monoisotopic (exact) mass is 171 g/mol. The molecule has 60 valence electrons. The van der Waals surface area contributed by atoms with Gasteiger partial charge in [-0.25, -0.2) is 0 Å². The van der Waals surface area contributed by atoms with Gasteiger partial charge in [-0.3, -0.25) is 0 Å². The lowest BCUT2D eigenvalue weighted by Gasteiger charge is -2.04. The van der Waals surface area contributed by atoms with Crippen molar-refractivity contribution in [3.8, 4) is 5.75 Å².